The molecule has 2 aromatic carbocycles. The second-order valence-electron chi connectivity index (χ2n) is 9.76. The van der Waals surface area contributed by atoms with Gasteiger partial charge in [0.2, 0.25) is 5.91 Å². The Labute approximate surface area is 218 Å². The highest BCUT2D eigenvalue weighted by Gasteiger charge is 2.30. The van der Waals surface area contributed by atoms with E-state index in [4.69, 9.17) is 16.3 Å². The predicted octanol–water partition coefficient (Wildman–Crippen LogP) is 5.64. The van der Waals surface area contributed by atoms with Gasteiger partial charge in [0.25, 0.3) is 0 Å². The molecule has 2 aromatic rings. The topological polar surface area (TPSA) is 70.1 Å². The molecule has 2 heterocycles. The molecule has 2 unspecified atom stereocenters. The zero-order valence-electron chi connectivity index (χ0n) is 21.1. The number of carbonyl (C=O) groups is 2. The number of amides is 1. The van der Waals surface area contributed by atoms with Crippen molar-refractivity contribution in [2.75, 3.05) is 38.2 Å². The third-order valence-corrected chi connectivity index (χ3v) is 7.35. The lowest BCUT2D eigenvalue weighted by molar-refractivity contribution is -0.142. The molecule has 0 saturated heterocycles. The maximum absolute atomic E-state index is 12.7. The summed E-state index contributed by atoms with van der Waals surface area (Å²) in [5.74, 6) is -1.19. The first kappa shape index (κ1) is 26.1. The average molecular weight is 511 g/mol. The maximum Gasteiger partial charge on any atom is 0.311 e. The SMILES string of the molecule is CCCc1cc(Cl)ccc1C1COc2ccc3cc2N(CCC/C=C/CN(C)C(=O)CC3C(=O)O)C1. The molecule has 0 aromatic heterocycles. The number of nitrogens with zero attached hydrogens (tertiary/aromatic N) is 2. The van der Waals surface area contributed by atoms with Gasteiger partial charge in [-0.15, -0.1) is 0 Å². The van der Waals surface area contributed by atoms with Crippen molar-refractivity contribution >= 4 is 29.2 Å². The number of halogens is 1. The minimum atomic E-state index is -0.997. The number of benzene rings is 2. The number of fused-ring (bicyclic) bond motifs is 1. The summed E-state index contributed by atoms with van der Waals surface area (Å²) in [7, 11) is 1.72. The summed E-state index contributed by atoms with van der Waals surface area (Å²) in [6.07, 6.45) is 7.85. The first-order valence-corrected chi connectivity index (χ1v) is 13.2. The molecule has 1 N–H and O–H groups in total. The molecule has 0 aliphatic carbocycles. The van der Waals surface area contributed by atoms with Crippen LogP contribution in [-0.2, 0) is 16.0 Å². The van der Waals surface area contributed by atoms with Crippen molar-refractivity contribution in [3.05, 3.63) is 70.3 Å². The van der Waals surface area contributed by atoms with E-state index in [1.165, 1.54) is 11.1 Å². The molecule has 192 valence electrons. The number of allylic oxidation sites excluding steroid dienone is 1. The molecule has 2 atom stereocenters. The Morgan fingerprint density at radius 1 is 1.19 bits per heavy atom. The van der Waals surface area contributed by atoms with Crippen LogP contribution in [0.5, 0.6) is 5.75 Å². The molecule has 0 radical (unpaired) electrons. The smallest absolute Gasteiger partial charge is 0.311 e. The van der Waals surface area contributed by atoms with Crippen LogP contribution in [-0.4, -0.2) is 55.2 Å². The first-order valence-electron chi connectivity index (χ1n) is 12.8. The monoisotopic (exact) mass is 510 g/mol. The summed E-state index contributed by atoms with van der Waals surface area (Å²) in [6.45, 7) is 4.77. The number of hydrogen-bond donors (Lipinski definition) is 1. The van der Waals surface area contributed by atoms with Gasteiger partial charge in [-0.25, -0.2) is 0 Å². The predicted molar refractivity (Wildman–Crippen MR) is 143 cm³/mol. The Balaban J connectivity index is 1.72. The van der Waals surface area contributed by atoms with E-state index >= 15 is 0 Å². The van der Waals surface area contributed by atoms with E-state index in [1.54, 1.807) is 18.0 Å². The Bertz CT molecular complexity index is 1130. The van der Waals surface area contributed by atoms with E-state index in [1.807, 2.05) is 24.3 Å². The minimum Gasteiger partial charge on any atom is -0.491 e. The number of aliphatic carboxylic acids is 1. The van der Waals surface area contributed by atoms with Gasteiger partial charge in [-0.1, -0.05) is 49.2 Å². The minimum absolute atomic E-state index is 0.0763. The molecule has 36 heavy (non-hydrogen) atoms. The van der Waals surface area contributed by atoms with Crippen LogP contribution < -0.4 is 9.64 Å². The lowest BCUT2D eigenvalue weighted by atomic mass is 9.91. The highest BCUT2D eigenvalue weighted by molar-refractivity contribution is 6.30. The normalized spacial score (nSPS) is 21.8. The number of aryl methyl sites for hydroxylation is 1. The van der Waals surface area contributed by atoms with Crippen molar-refractivity contribution in [1.82, 2.24) is 4.90 Å². The van der Waals surface area contributed by atoms with E-state index in [0.29, 0.717) is 18.7 Å². The number of anilines is 1. The van der Waals surface area contributed by atoms with Crippen molar-refractivity contribution in [1.29, 1.82) is 0 Å². The summed E-state index contributed by atoms with van der Waals surface area (Å²) in [5.41, 5.74) is 4.03. The number of ether oxygens (including phenoxy) is 1. The van der Waals surface area contributed by atoms with Gasteiger partial charge in [-0.05, 0) is 60.2 Å². The number of hydrogen-bond acceptors (Lipinski definition) is 4. The van der Waals surface area contributed by atoms with E-state index < -0.39 is 11.9 Å². The number of carboxylic acids is 1. The van der Waals surface area contributed by atoms with E-state index in [2.05, 4.69) is 30.0 Å². The molecule has 2 aliphatic rings. The molecule has 4 rings (SSSR count). The molecule has 7 heteroatoms. The van der Waals surface area contributed by atoms with Crippen LogP contribution in [0.3, 0.4) is 0 Å². The molecular formula is C29H35ClN2O4. The largest absolute Gasteiger partial charge is 0.491 e. The Hall–Kier alpha value is -2.99. The molecule has 1 amide bonds. The third-order valence-electron chi connectivity index (χ3n) is 7.12. The summed E-state index contributed by atoms with van der Waals surface area (Å²) in [4.78, 5) is 28.8. The number of likely N-dealkylation sites (N-methyl/N-ethyl adjacent to an activating group) is 1. The fourth-order valence-corrected chi connectivity index (χ4v) is 5.31. The quantitative estimate of drug-likeness (QED) is 0.539. The summed E-state index contributed by atoms with van der Waals surface area (Å²) in [5, 5.41) is 10.7. The van der Waals surface area contributed by atoms with E-state index in [-0.39, 0.29) is 18.2 Å². The third kappa shape index (κ3) is 6.04. The number of rotatable bonds is 4. The zero-order valence-corrected chi connectivity index (χ0v) is 21.8. The summed E-state index contributed by atoms with van der Waals surface area (Å²) >= 11 is 6.32. The van der Waals surface area contributed by atoms with E-state index in [9.17, 15) is 14.7 Å². The second-order valence-corrected chi connectivity index (χ2v) is 10.2. The van der Waals surface area contributed by atoms with Gasteiger partial charge in [-0.3, -0.25) is 9.59 Å². The van der Waals surface area contributed by atoms with Crippen LogP contribution in [0.2, 0.25) is 5.02 Å². The van der Waals surface area contributed by atoms with Crippen molar-refractivity contribution in [3.63, 3.8) is 0 Å². The number of carboxylic acid groups (broad SMARTS) is 1. The zero-order chi connectivity index (χ0) is 25.7. The molecule has 2 aliphatic heterocycles. The maximum atomic E-state index is 12.7. The van der Waals surface area contributed by atoms with Crippen LogP contribution in [0.15, 0.2) is 48.6 Å². The van der Waals surface area contributed by atoms with Gasteiger partial charge in [0, 0.05) is 44.0 Å². The summed E-state index contributed by atoms with van der Waals surface area (Å²) in [6, 6.07) is 11.7. The van der Waals surface area contributed by atoms with Crippen LogP contribution in [0.4, 0.5) is 5.69 Å². The average Bonchev–Trinajstić information content (AvgIpc) is 3.03. The lowest BCUT2D eigenvalue weighted by Crippen LogP contribution is -2.31. The van der Waals surface area contributed by atoms with Gasteiger partial charge < -0.3 is 19.6 Å². The highest BCUT2D eigenvalue weighted by atomic mass is 35.5. The molecular weight excluding hydrogens is 476 g/mol. The van der Waals surface area contributed by atoms with Crippen molar-refractivity contribution in [2.24, 2.45) is 0 Å². The van der Waals surface area contributed by atoms with Crippen LogP contribution >= 0.6 is 11.6 Å². The van der Waals surface area contributed by atoms with Crippen molar-refractivity contribution in [2.45, 2.75) is 50.9 Å². The number of carbonyl (C=O) groups excluding carboxylic acids is 1. The van der Waals surface area contributed by atoms with E-state index in [0.717, 1.165) is 55.2 Å². The molecule has 6 nitrogen and oxygen atoms in total. The van der Waals surface area contributed by atoms with Gasteiger partial charge in [0.15, 0.2) is 0 Å². The fourth-order valence-electron chi connectivity index (χ4n) is 5.12. The Morgan fingerprint density at radius 3 is 2.81 bits per heavy atom. The molecule has 0 saturated carbocycles. The van der Waals surface area contributed by atoms with Crippen molar-refractivity contribution < 1.29 is 19.4 Å². The Morgan fingerprint density at radius 2 is 2.03 bits per heavy atom. The van der Waals surface area contributed by atoms with Gasteiger partial charge in [-0.2, -0.15) is 0 Å². The lowest BCUT2D eigenvalue weighted by Gasteiger charge is -2.28. The first-order chi connectivity index (χ1) is 17.4. The van der Waals surface area contributed by atoms with Gasteiger partial charge >= 0.3 is 5.97 Å². The van der Waals surface area contributed by atoms with Crippen LogP contribution in [0.1, 0.15) is 61.1 Å². The Kier molecular flexibility index (Phi) is 8.57. The highest BCUT2D eigenvalue weighted by Crippen LogP contribution is 2.39. The molecule has 2 bridgehead atoms. The molecule has 0 fully saturated rings. The van der Waals surface area contributed by atoms with Crippen LogP contribution in [0, 0.1) is 0 Å². The van der Waals surface area contributed by atoms with Gasteiger partial charge in [0.05, 0.1) is 18.2 Å². The molecule has 0 spiro atoms. The summed E-state index contributed by atoms with van der Waals surface area (Å²) < 4.78 is 6.33. The van der Waals surface area contributed by atoms with Crippen molar-refractivity contribution in [3.8, 4) is 5.75 Å². The fraction of sp³-hybridized carbons (Fsp3) is 0.448. The van der Waals surface area contributed by atoms with Gasteiger partial charge in [0.1, 0.15) is 5.75 Å². The second kappa shape index (κ2) is 11.8. The van der Waals surface area contributed by atoms with Crippen LogP contribution in [0.25, 0.3) is 0 Å². The standard InChI is InChI=1S/C29H35ClN2O4/c1-3-8-20-15-23(30)10-11-24(20)22-18-32-14-7-5-4-6-13-31(2)28(33)17-25(29(34)35)21-9-12-27(36-19-22)26(32)16-21/h4,6,9-12,15-16,22,25H,3,5,7-8,13-14,17-19H2,1-2H3,(H,34,35)/b6-4+.